The first-order valence-corrected chi connectivity index (χ1v) is 7.66. The van der Waals surface area contributed by atoms with Gasteiger partial charge in [-0.25, -0.2) is 0 Å². The van der Waals surface area contributed by atoms with Gasteiger partial charge in [0, 0.05) is 30.7 Å². The minimum absolute atomic E-state index is 0. The maximum atomic E-state index is 13.0. The highest BCUT2D eigenvalue weighted by atomic mass is 35.5. The average molecular weight is 356 g/mol. The molecule has 1 saturated heterocycles. The molecule has 1 N–H and O–H groups in total. The Morgan fingerprint density at radius 1 is 1.30 bits per heavy atom. The van der Waals surface area contributed by atoms with Gasteiger partial charge in [-0.3, -0.25) is 9.78 Å². The fourth-order valence-electron chi connectivity index (χ4n) is 3.03. The summed E-state index contributed by atoms with van der Waals surface area (Å²) in [6.07, 6.45) is 3.75. The molecular formula is C17H23Cl2N3O. The molecule has 2 heterocycles. The molecule has 3 rings (SSSR count). The first-order valence-electron chi connectivity index (χ1n) is 7.66. The van der Waals surface area contributed by atoms with Crippen molar-refractivity contribution in [2.24, 2.45) is 0 Å². The van der Waals surface area contributed by atoms with Gasteiger partial charge in [-0.05, 0) is 31.5 Å². The first kappa shape index (κ1) is 19.7. The molecule has 1 amide bonds. The van der Waals surface area contributed by atoms with E-state index in [0.29, 0.717) is 11.6 Å². The van der Waals surface area contributed by atoms with Gasteiger partial charge in [0.05, 0.1) is 11.1 Å². The molecule has 0 saturated carbocycles. The molecule has 1 fully saturated rings. The van der Waals surface area contributed by atoms with Crippen molar-refractivity contribution in [3.05, 3.63) is 42.1 Å². The summed E-state index contributed by atoms with van der Waals surface area (Å²) in [6, 6.07) is 10.0. The number of aromatic nitrogens is 1. The molecule has 1 aromatic heterocycles. The van der Waals surface area contributed by atoms with E-state index in [9.17, 15) is 4.79 Å². The Morgan fingerprint density at radius 2 is 2.09 bits per heavy atom. The molecule has 0 radical (unpaired) electrons. The zero-order chi connectivity index (χ0) is 14.7. The topological polar surface area (TPSA) is 45.2 Å². The summed E-state index contributed by atoms with van der Waals surface area (Å²) in [5.41, 5.74) is 1.52. The quantitative estimate of drug-likeness (QED) is 0.914. The van der Waals surface area contributed by atoms with Gasteiger partial charge in [0.2, 0.25) is 0 Å². The van der Waals surface area contributed by atoms with E-state index in [2.05, 4.69) is 17.2 Å². The molecular weight excluding hydrogens is 333 g/mol. The molecule has 1 atom stereocenters. The molecule has 0 bridgehead atoms. The van der Waals surface area contributed by atoms with Crippen LogP contribution in [0, 0.1) is 0 Å². The van der Waals surface area contributed by atoms with Crippen LogP contribution >= 0.6 is 24.8 Å². The van der Waals surface area contributed by atoms with Crippen LogP contribution in [-0.4, -0.2) is 41.5 Å². The van der Waals surface area contributed by atoms with Gasteiger partial charge < -0.3 is 10.2 Å². The zero-order valence-electron chi connectivity index (χ0n) is 13.2. The fraction of sp³-hybridized carbons (Fsp3) is 0.412. The Morgan fingerprint density at radius 3 is 2.78 bits per heavy atom. The van der Waals surface area contributed by atoms with Crippen LogP contribution in [0.1, 0.15) is 30.1 Å². The highest BCUT2D eigenvalue weighted by Gasteiger charge is 2.27. The third-order valence-corrected chi connectivity index (χ3v) is 4.06. The van der Waals surface area contributed by atoms with Crippen LogP contribution in [0.15, 0.2) is 36.5 Å². The molecule has 4 nitrogen and oxygen atoms in total. The summed E-state index contributed by atoms with van der Waals surface area (Å²) >= 11 is 0. The summed E-state index contributed by atoms with van der Waals surface area (Å²) in [6.45, 7) is 4.80. The van der Waals surface area contributed by atoms with Gasteiger partial charge >= 0.3 is 0 Å². The van der Waals surface area contributed by atoms with Crippen molar-refractivity contribution in [3.63, 3.8) is 0 Å². The number of hydrogen-bond acceptors (Lipinski definition) is 3. The van der Waals surface area contributed by atoms with E-state index in [1.165, 1.54) is 0 Å². The second-order valence-electron chi connectivity index (χ2n) is 5.53. The number of para-hydroxylation sites is 1. The van der Waals surface area contributed by atoms with E-state index >= 15 is 0 Å². The molecule has 2 aromatic rings. The van der Waals surface area contributed by atoms with E-state index in [-0.39, 0.29) is 30.7 Å². The van der Waals surface area contributed by atoms with Gasteiger partial charge in [0.25, 0.3) is 5.91 Å². The Kier molecular flexibility index (Phi) is 7.76. The molecule has 1 unspecified atom stereocenters. The van der Waals surface area contributed by atoms with Crippen LogP contribution < -0.4 is 5.32 Å². The Bertz CT molecular complexity index is 639. The van der Waals surface area contributed by atoms with Crippen molar-refractivity contribution in [1.29, 1.82) is 0 Å². The van der Waals surface area contributed by atoms with Gasteiger partial charge in [-0.1, -0.05) is 25.1 Å². The molecule has 1 aliphatic heterocycles. The predicted molar refractivity (Wildman–Crippen MR) is 98.8 cm³/mol. The number of rotatable bonds is 4. The number of carbonyl (C=O) groups is 1. The number of fused-ring (bicyclic) bond motifs is 1. The number of nitrogens with one attached hydrogen (secondary N) is 1. The summed E-state index contributed by atoms with van der Waals surface area (Å²) in [7, 11) is 0. The van der Waals surface area contributed by atoms with Gasteiger partial charge in [-0.2, -0.15) is 0 Å². The van der Waals surface area contributed by atoms with E-state index in [0.717, 1.165) is 43.4 Å². The van der Waals surface area contributed by atoms with Crippen molar-refractivity contribution in [2.45, 2.75) is 25.8 Å². The molecule has 126 valence electrons. The SMILES string of the molecule is CCCN(C(=O)c1cccc2cccnc12)C1CCNC1.Cl.Cl. The van der Waals surface area contributed by atoms with Crippen molar-refractivity contribution < 1.29 is 4.79 Å². The van der Waals surface area contributed by atoms with E-state index < -0.39 is 0 Å². The summed E-state index contributed by atoms with van der Waals surface area (Å²) in [5, 5.41) is 4.36. The lowest BCUT2D eigenvalue weighted by Gasteiger charge is -2.28. The second-order valence-corrected chi connectivity index (χ2v) is 5.53. The molecule has 0 spiro atoms. The summed E-state index contributed by atoms with van der Waals surface area (Å²) in [4.78, 5) is 19.4. The van der Waals surface area contributed by atoms with Crippen LogP contribution in [0.4, 0.5) is 0 Å². The number of carbonyl (C=O) groups excluding carboxylic acids is 1. The van der Waals surface area contributed by atoms with Crippen LogP contribution in [0.2, 0.25) is 0 Å². The van der Waals surface area contributed by atoms with Gasteiger partial charge in [0.15, 0.2) is 0 Å². The van der Waals surface area contributed by atoms with Crippen molar-refractivity contribution in [3.8, 4) is 0 Å². The third-order valence-electron chi connectivity index (χ3n) is 4.06. The lowest BCUT2D eigenvalue weighted by molar-refractivity contribution is 0.0694. The lowest BCUT2D eigenvalue weighted by Crippen LogP contribution is -2.42. The number of pyridine rings is 1. The number of hydrogen-bond donors (Lipinski definition) is 1. The minimum atomic E-state index is 0. The largest absolute Gasteiger partial charge is 0.334 e. The maximum absolute atomic E-state index is 13.0. The van der Waals surface area contributed by atoms with Crippen molar-refractivity contribution in [2.75, 3.05) is 19.6 Å². The molecule has 0 aliphatic carbocycles. The molecule has 6 heteroatoms. The number of halogens is 2. The molecule has 23 heavy (non-hydrogen) atoms. The van der Waals surface area contributed by atoms with Crippen LogP contribution in [0.5, 0.6) is 0 Å². The Hall–Kier alpha value is -1.36. The smallest absolute Gasteiger partial charge is 0.256 e. The third kappa shape index (κ3) is 4.14. The van der Waals surface area contributed by atoms with Gasteiger partial charge in [0.1, 0.15) is 0 Å². The average Bonchev–Trinajstić information content (AvgIpc) is 3.05. The number of nitrogens with zero attached hydrogens (tertiary/aromatic N) is 2. The Balaban J connectivity index is 0.00000132. The lowest BCUT2D eigenvalue weighted by atomic mass is 10.1. The van der Waals surface area contributed by atoms with Gasteiger partial charge in [-0.15, -0.1) is 24.8 Å². The molecule has 1 aromatic carbocycles. The van der Waals surface area contributed by atoms with Crippen LogP contribution in [0.3, 0.4) is 0 Å². The van der Waals surface area contributed by atoms with E-state index in [1.54, 1.807) is 6.20 Å². The Labute approximate surface area is 149 Å². The van der Waals surface area contributed by atoms with Crippen molar-refractivity contribution >= 4 is 41.6 Å². The standard InChI is InChI=1S/C17H21N3O.2ClH/c1-2-11-20(14-8-10-18-12-14)17(21)15-7-3-5-13-6-4-9-19-16(13)15;;/h3-7,9,14,18H,2,8,10-12H2,1H3;2*1H. The first-order chi connectivity index (χ1) is 10.3. The summed E-state index contributed by atoms with van der Waals surface area (Å²) in [5.74, 6) is 0.106. The van der Waals surface area contributed by atoms with Crippen LogP contribution in [0.25, 0.3) is 10.9 Å². The highest BCUT2D eigenvalue weighted by molar-refractivity contribution is 6.05. The number of amides is 1. The fourth-order valence-corrected chi connectivity index (χ4v) is 3.03. The van der Waals surface area contributed by atoms with E-state index in [4.69, 9.17) is 0 Å². The van der Waals surface area contributed by atoms with E-state index in [1.807, 2.05) is 35.2 Å². The minimum Gasteiger partial charge on any atom is -0.334 e. The van der Waals surface area contributed by atoms with Crippen molar-refractivity contribution in [1.82, 2.24) is 15.2 Å². The second kappa shape index (κ2) is 9.06. The zero-order valence-corrected chi connectivity index (χ0v) is 14.8. The maximum Gasteiger partial charge on any atom is 0.256 e. The number of benzene rings is 1. The monoisotopic (exact) mass is 355 g/mol. The normalized spacial score (nSPS) is 16.5. The van der Waals surface area contributed by atoms with Crippen LogP contribution in [-0.2, 0) is 0 Å². The predicted octanol–water partition coefficient (Wildman–Crippen LogP) is 3.29. The molecule has 1 aliphatic rings. The highest BCUT2D eigenvalue weighted by Crippen LogP contribution is 2.20. The summed E-state index contributed by atoms with van der Waals surface area (Å²) < 4.78 is 0.